The van der Waals surface area contributed by atoms with Gasteiger partial charge in [0.05, 0.1) is 0 Å². The zero-order valence-electron chi connectivity index (χ0n) is 15.0. The first-order valence-corrected chi connectivity index (χ1v) is 9.93. The first kappa shape index (κ1) is 19.0. The van der Waals surface area contributed by atoms with Crippen molar-refractivity contribution in [1.82, 2.24) is 20.3 Å². The van der Waals surface area contributed by atoms with Crippen molar-refractivity contribution in [3.05, 3.63) is 36.1 Å². The number of piperidine rings is 1. The van der Waals surface area contributed by atoms with Crippen molar-refractivity contribution in [2.45, 2.75) is 44.6 Å². The van der Waals surface area contributed by atoms with Gasteiger partial charge in [-0.05, 0) is 43.4 Å². The van der Waals surface area contributed by atoms with Crippen molar-refractivity contribution in [3.63, 3.8) is 0 Å². The molecule has 2 unspecified atom stereocenters. The van der Waals surface area contributed by atoms with Crippen molar-refractivity contribution in [2.75, 3.05) is 19.6 Å². The number of rotatable bonds is 5. The number of hydrogen-bond acceptors (Lipinski definition) is 6. The average molecular weight is 379 g/mol. The molecule has 2 atom stereocenters. The molecule has 0 aromatic carbocycles. The Morgan fingerprint density at radius 1 is 1.50 bits per heavy atom. The minimum Gasteiger partial charge on any atom is -0.387 e. The minimum absolute atomic E-state index is 0.190. The highest BCUT2D eigenvalue weighted by Crippen LogP contribution is 2.19. The Morgan fingerprint density at radius 3 is 2.96 bits per heavy atom. The number of nitrogens with zero attached hydrogens (tertiary/aromatic N) is 2. The van der Waals surface area contributed by atoms with E-state index in [0.29, 0.717) is 24.8 Å². The SMILES string of the molecule is CC1N=C(N2CCC(NC(=N)/C=C\NCC3=CCC(F)C=C3)CC2)SN1. The van der Waals surface area contributed by atoms with Gasteiger partial charge in [-0.1, -0.05) is 18.2 Å². The number of nitrogens with one attached hydrogen (secondary N) is 4. The first-order valence-electron chi connectivity index (χ1n) is 9.11. The van der Waals surface area contributed by atoms with E-state index in [-0.39, 0.29) is 6.17 Å². The molecule has 0 spiro atoms. The Bertz CT molecular complexity index is 621. The quantitative estimate of drug-likeness (QED) is 0.336. The van der Waals surface area contributed by atoms with Gasteiger partial charge in [0, 0.05) is 38.3 Å². The summed E-state index contributed by atoms with van der Waals surface area (Å²) in [6, 6.07) is 0.325. The van der Waals surface area contributed by atoms with Crippen LogP contribution in [0.1, 0.15) is 26.2 Å². The highest BCUT2D eigenvalue weighted by atomic mass is 32.2. The lowest BCUT2D eigenvalue weighted by molar-refractivity contribution is 0.304. The first-order chi connectivity index (χ1) is 12.6. The van der Waals surface area contributed by atoms with Crippen molar-refractivity contribution in [1.29, 1.82) is 5.41 Å². The fraction of sp³-hybridized carbons (Fsp3) is 0.556. The third kappa shape index (κ3) is 5.60. The molecule has 2 aliphatic heterocycles. The monoisotopic (exact) mass is 378 g/mol. The van der Waals surface area contributed by atoms with Gasteiger partial charge in [0.15, 0.2) is 5.17 Å². The molecule has 0 radical (unpaired) electrons. The van der Waals surface area contributed by atoms with Gasteiger partial charge in [0.1, 0.15) is 18.2 Å². The molecule has 0 aromatic rings. The second kappa shape index (κ2) is 9.23. The van der Waals surface area contributed by atoms with Gasteiger partial charge in [-0.25, -0.2) is 14.1 Å². The van der Waals surface area contributed by atoms with Crippen LogP contribution in [0.2, 0.25) is 0 Å². The Morgan fingerprint density at radius 2 is 2.31 bits per heavy atom. The van der Waals surface area contributed by atoms with Gasteiger partial charge >= 0.3 is 0 Å². The fourth-order valence-corrected chi connectivity index (χ4v) is 3.93. The standard InChI is InChI=1S/C18H27FN6S/c1-13-22-18(26-24-13)25-10-7-16(8-11-25)23-17(20)6-9-21-12-14-2-4-15(19)5-3-14/h2-4,6,9,13,15-16,21,24H,5,7-8,10-12H2,1H3,(H2,20,23)/b9-6-. The van der Waals surface area contributed by atoms with Crippen LogP contribution in [0.15, 0.2) is 41.1 Å². The Hall–Kier alpha value is -1.80. The molecule has 26 heavy (non-hydrogen) atoms. The van der Waals surface area contributed by atoms with E-state index in [1.54, 1.807) is 30.3 Å². The lowest BCUT2D eigenvalue weighted by atomic mass is 10.1. The van der Waals surface area contributed by atoms with Crippen molar-refractivity contribution in [2.24, 2.45) is 4.99 Å². The van der Waals surface area contributed by atoms with Crippen LogP contribution in [0.3, 0.4) is 0 Å². The molecule has 3 rings (SSSR count). The van der Waals surface area contributed by atoms with Gasteiger partial charge in [-0.15, -0.1) is 0 Å². The topological polar surface area (TPSA) is 75.5 Å². The molecule has 1 saturated heterocycles. The summed E-state index contributed by atoms with van der Waals surface area (Å²) < 4.78 is 16.2. The van der Waals surface area contributed by atoms with Crippen LogP contribution in [-0.4, -0.2) is 53.9 Å². The zero-order chi connectivity index (χ0) is 18.4. The summed E-state index contributed by atoms with van der Waals surface area (Å²) in [5.41, 5.74) is 1.08. The van der Waals surface area contributed by atoms with Crippen LogP contribution >= 0.6 is 11.9 Å². The predicted octanol–water partition coefficient (Wildman–Crippen LogP) is 2.30. The third-order valence-corrected chi connectivity index (χ3v) is 5.55. The van der Waals surface area contributed by atoms with E-state index in [0.717, 1.165) is 36.7 Å². The third-order valence-electron chi connectivity index (χ3n) is 4.55. The molecule has 0 saturated carbocycles. The van der Waals surface area contributed by atoms with Gasteiger partial charge in [-0.2, -0.15) is 0 Å². The highest BCUT2D eigenvalue weighted by Gasteiger charge is 2.25. The summed E-state index contributed by atoms with van der Waals surface area (Å²) in [6.45, 7) is 4.62. The summed E-state index contributed by atoms with van der Waals surface area (Å²) in [4.78, 5) is 6.89. The average Bonchev–Trinajstić information content (AvgIpc) is 3.07. The van der Waals surface area contributed by atoms with E-state index in [4.69, 9.17) is 5.41 Å². The molecule has 3 aliphatic rings. The maximum absolute atomic E-state index is 13.0. The molecular formula is C18H27FN6S. The van der Waals surface area contributed by atoms with Crippen LogP contribution in [-0.2, 0) is 0 Å². The van der Waals surface area contributed by atoms with Crippen molar-refractivity contribution in [3.8, 4) is 0 Å². The molecule has 8 heteroatoms. The van der Waals surface area contributed by atoms with Crippen molar-refractivity contribution < 1.29 is 4.39 Å². The van der Waals surface area contributed by atoms with E-state index >= 15 is 0 Å². The van der Waals surface area contributed by atoms with Gasteiger partial charge in [0.25, 0.3) is 0 Å². The van der Waals surface area contributed by atoms with Crippen LogP contribution in [0.4, 0.5) is 4.39 Å². The van der Waals surface area contributed by atoms with E-state index in [2.05, 4.69) is 32.2 Å². The number of aliphatic imine (C=N–C) groups is 1. The van der Waals surface area contributed by atoms with Gasteiger partial charge in [0.2, 0.25) is 0 Å². The summed E-state index contributed by atoms with van der Waals surface area (Å²) in [6.07, 6.45) is 10.6. The molecule has 1 aliphatic carbocycles. The summed E-state index contributed by atoms with van der Waals surface area (Å²) in [7, 11) is 0. The second-order valence-electron chi connectivity index (χ2n) is 6.73. The zero-order valence-corrected chi connectivity index (χ0v) is 15.9. The van der Waals surface area contributed by atoms with E-state index in [9.17, 15) is 4.39 Å². The number of hydrogen-bond donors (Lipinski definition) is 4. The second-order valence-corrected chi connectivity index (χ2v) is 7.54. The van der Waals surface area contributed by atoms with Crippen LogP contribution < -0.4 is 15.4 Å². The van der Waals surface area contributed by atoms with Crippen molar-refractivity contribution >= 4 is 23.0 Å². The highest BCUT2D eigenvalue weighted by molar-refractivity contribution is 8.12. The maximum Gasteiger partial charge on any atom is 0.176 e. The van der Waals surface area contributed by atoms with E-state index < -0.39 is 6.17 Å². The minimum atomic E-state index is -0.850. The van der Waals surface area contributed by atoms with Crippen LogP contribution in [0.5, 0.6) is 0 Å². The Balaban J connectivity index is 1.33. The fourth-order valence-electron chi connectivity index (χ4n) is 3.07. The number of halogens is 1. The summed E-state index contributed by atoms with van der Waals surface area (Å²) in [5, 5.41) is 15.6. The van der Waals surface area contributed by atoms with Gasteiger partial charge < -0.3 is 15.5 Å². The van der Waals surface area contributed by atoms with E-state index in [1.165, 1.54) is 0 Å². The Labute approximate surface area is 158 Å². The Kier molecular flexibility index (Phi) is 6.73. The van der Waals surface area contributed by atoms with Crippen LogP contribution in [0, 0.1) is 5.41 Å². The van der Waals surface area contributed by atoms with Gasteiger partial charge in [-0.3, -0.25) is 5.41 Å². The summed E-state index contributed by atoms with van der Waals surface area (Å²) >= 11 is 1.61. The largest absolute Gasteiger partial charge is 0.387 e. The molecule has 0 bridgehead atoms. The lowest BCUT2D eigenvalue weighted by Crippen LogP contribution is -2.45. The smallest absolute Gasteiger partial charge is 0.176 e. The molecular weight excluding hydrogens is 351 g/mol. The molecule has 0 aromatic heterocycles. The maximum atomic E-state index is 13.0. The normalized spacial score (nSPS) is 26.8. The summed E-state index contributed by atoms with van der Waals surface area (Å²) in [5.74, 6) is 0.413. The number of likely N-dealkylation sites (tertiary alicyclic amines) is 1. The molecule has 1 fully saturated rings. The molecule has 2 heterocycles. The van der Waals surface area contributed by atoms with Crippen LogP contribution in [0.25, 0.3) is 0 Å². The number of amidine groups is 2. The molecule has 6 nitrogen and oxygen atoms in total. The lowest BCUT2D eigenvalue weighted by Gasteiger charge is -2.33. The van der Waals surface area contributed by atoms with E-state index in [1.807, 2.05) is 12.2 Å². The molecule has 142 valence electrons. The number of allylic oxidation sites excluding steroid dienone is 2. The molecule has 0 amide bonds. The number of alkyl halides is 1. The molecule has 4 N–H and O–H groups in total. The predicted molar refractivity (Wildman–Crippen MR) is 107 cm³/mol.